The molecule has 0 aliphatic heterocycles. The first kappa shape index (κ1) is 24.6. The summed E-state index contributed by atoms with van der Waals surface area (Å²) in [6.45, 7) is 3.74. The van der Waals surface area contributed by atoms with Crippen LogP contribution in [0.5, 0.6) is 11.5 Å². The van der Waals surface area contributed by atoms with Crippen molar-refractivity contribution < 1.29 is 19.1 Å². The number of ether oxygens (including phenoxy) is 2. The first-order valence-corrected chi connectivity index (χ1v) is 11.5. The maximum absolute atomic E-state index is 12.2. The summed E-state index contributed by atoms with van der Waals surface area (Å²) in [6, 6.07) is 23.8. The van der Waals surface area contributed by atoms with Gasteiger partial charge < -0.3 is 25.4 Å². The molecule has 34 heavy (non-hydrogen) atoms. The average molecular weight is 462 g/mol. The van der Waals surface area contributed by atoms with Crippen LogP contribution < -0.4 is 25.4 Å². The minimum Gasteiger partial charge on any atom is -0.490 e. The van der Waals surface area contributed by atoms with Crippen molar-refractivity contribution in [2.24, 2.45) is 0 Å². The van der Waals surface area contributed by atoms with Gasteiger partial charge >= 0.3 is 0 Å². The third-order valence-corrected chi connectivity index (χ3v) is 4.92. The zero-order valence-corrected chi connectivity index (χ0v) is 19.4. The number of carbonyl (C=O) groups is 2. The average Bonchev–Trinajstić information content (AvgIpc) is 2.87. The molecule has 7 heteroatoms. The summed E-state index contributed by atoms with van der Waals surface area (Å²) in [5, 5.41) is 8.77. The number of rotatable bonds is 13. The molecular formula is C27H31N3O4. The van der Waals surface area contributed by atoms with E-state index >= 15 is 0 Å². The van der Waals surface area contributed by atoms with E-state index in [-0.39, 0.29) is 18.4 Å². The summed E-state index contributed by atoms with van der Waals surface area (Å²) >= 11 is 0. The van der Waals surface area contributed by atoms with Crippen molar-refractivity contribution in [3.05, 3.63) is 84.4 Å². The van der Waals surface area contributed by atoms with E-state index in [1.165, 1.54) is 0 Å². The van der Waals surface area contributed by atoms with E-state index in [0.29, 0.717) is 31.0 Å². The molecule has 0 heterocycles. The summed E-state index contributed by atoms with van der Waals surface area (Å²) in [5.41, 5.74) is 2.02. The van der Waals surface area contributed by atoms with Gasteiger partial charge in [0.05, 0.1) is 6.54 Å². The van der Waals surface area contributed by atoms with Crippen molar-refractivity contribution in [2.45, 2.75) is 19.8 Å². The van der Waals surface area contributed by atoms with Gasteiger partial charge in [0.2, 0.25) is 5.91 Å². The number of benzene rings is 3. The lowest BCUT2D eigenvalue weighted by atomic mass is 10.2. The van der Waals surface area contributed by atoms with Crippen LogP contribution in [-0.4, -0.2) is 38.1 Å². The van der Waals surface area contributed by atoms with Crippen molar-refractivity contribution in [3.63, 3.8) is 0 Å². The molecule has 7 nitrogen and oxygen atoms in total. The van der Waals surface area contributed by atoms with Crippen LogP contribution in [0.15, 0.2) is 78.9 Å². The topological polar surface area (TPSA) is 88.7 Å². The Morgan fingerprint density at radius 2 is 1.38 bits per heavy atom. The number of hydrogen-bond donors (Lipinski definition) is 3. The Hall–Kier alpha value is -4.00. The van der Waals surface area contributed by atoms with E-state index in [2.05, 4.69) is 22.9 Å². The lowest BCUT2D eigenvalue weighted by Crippen LogP contribution is -2.24. The molecule has 0 fully saturated rings. The highest BCUT2D eigenvalue weighted by Gasteiger charge is 2.06. The number of carbonyl (C=O) groups excluding carboxylic acids is 2. The van der Waals surface area contributed by atoms with Gasteiger partial charge in [-0.2, -0.15) is 0 Å². The number of para-hydroxylation sites is 1. The second-order valence-electron chi connectivity index (χ2n) is 7.62. The summed E-state index contributed by atoms with van der Waals surface area (Å²) in [5.74, 6) is 1.25. The number of nitrogens with one attached hydrogen (secondary N) is 3. The molecule has 178 valence electrons. The molecule has 0 aromatic heterocycles. The Kier molecular flexibility index (Phi) is 9.80. The van der Waals surface area contributed by atoms with Crippen LogP contribution in [0.4, 0.5) is 11.4 Å². The number of anilines is 2. The smallest absolute Gasteiger partial charge is 0.251 e. The molecule has 0 saturated carbocycles. The van der Waals surface area contributed by atoms with Gasteiger partial charge in [0, 0.05) is 23.5 Å². The van der Waals surface area contributed by atoms with E-state index in [4.69, 9.17) is 9.47 Å². The maximum atomic E-state index is 12.2. The third kappa shape index (κ3) is 8.50. The van der Waals surface area contributed by atoms with Gasteiger partial charge in [0.1, 0.15) is 24.7 Å². The van der Waals surface area contributed by atoms with E-state index in [9.17, 15) is 9.59 Å². The van der Waals surface area contributed by atoms with Crippen molar-refractivity contribution in [3.8, 4) is 11.5 Å². The Labute approximate surface area is 200 Å². The predicted molar refractivity (Wildman–Crippen MR) is 135 cm³/mol. The van der Waals surface area contributed by atoms with Gasteiger partial charge in [-0.05, 0) is 67.1 Å². The fraction of sp³-hybridized carbons (Fsp3) is 0.259. The summed E-state index contributed by atoms with van der Waals surface area (Å²) in [7, 11) is 0. The second-order valence-corrected chi connectivity index (χ2v) is 7.62. The summed E-state index contributed by atoms with van der Waals surface area (Å²) < 4.78 is 11.3. The van der Waals surface area contributed by atoms with E-state index in [1.807, 2.05) is 54.6 Å². The minimum atomic E-state index is -0.182. The summed E-state index contributed by atoms with van der Waals surface area (Å²) in [4.78, 5) is 24.3. The van der Waals surface area contributed by atoms with E-state index < -0.39 is 0 Å². The van der Waals surface area contributed by atoms with Crippen LogP contribution in [0, 0.1) is 0 Å². The molecule has 3 N–H and O–H groups in total. The SMILES string of the molecule is CCCCNC(=O)c1ccc(NC(=O)CNc2ccc(OCCOc3ccccc3)cc2)cc1. The Morgan fingerprint density at radius 3 is 2.03 bits per heavy atom. The van der Waals surface area contributed by atoms with Crippen molar-refractivity contribution in [1.82, 2.24) is 5.32 Å². The van der Waals surface area contributed by atoms with Crippen molar-refractivity contribution in [2.75, 3.05) is 36.9 Å². The second kappa shape index (κ2) is 13.5. The van der Waals surface area contributed by atoms with E-state index in [1.54, 1.807) is 24.3 Å². The van der Waals surface area contributed by atoms with Gasteiger partial charge in [-0.25, -0.2) is 0 Å². The van der Waals surface area contributed by atoms with Crippen LogP contribution >= 0.6 is 0 Å². The quantitative estimate of drug-likeness (QED) is 0.321. The fourth-order valence-corrected chi connectivity index (χ4v) is 3.08. The minimum absolute atomic E-state index is 0.107. The summed E-state index contributed by atoms with van der Waals surface area (Å²) in [6.07, 6.45) is 1.98. The molecule has 0 spiro atoms. The first-order chi connectivity index (χ1) is 16.6. The Balaban J connectivity index is 1.35. The normalized spacial score (nSPS) is 10.3. The molecular weight excluding hydrogens is 430 g/mol. The Bertz CT molecular complexity index is 1020. The maximum Gasteiger partial charge on any atom is 0.251 e. The van der Waals surface area contributed by atoms with Crippen LogP contribution in [0.3, 0.4) is 0 Å². The standard InChI is InChI=1S/C27H31N3O4/c1-2-3-17-28-27(32)21-9-11-23(12-10-21)30-26(31)20-29-22-13-15-25(16-14-22)34-19-18-33-24-7-5-4-6-8-24/h4-16,29H,2-3,17-20H2,1H3,(H,28,32)(H,30,31). The predicted octanol–water partition coefficient (Wildman–Crippen LogP) is 4.72. The highest BCUT2D eigenvalue weighted by Crippen LogP contribution is 2.16. The van der Waals surface area contributed by atoms with Crippen molar-refractivity contribution in [1.29, 1.82) is 0 Å². The van der Waals surface area contributed by atoms with Crippen molar-refractivity contribution >= 4 is 23.2 Å². The van der Waals surface area contributed by atoms with Crippen LogP contribution in [-0.2, 0) is 4.79 Å². The van der Waals surface area contributed by atoms with Gasteiger partial charge in [-0.15, -0.1) is 0 Å². The molecule has 0 aliphatic rings. The number of amides is 2. The molecule has 2 amide bonds. The molecule has 0 radical (unpaired) electrons. The van der Waals surface area contributed by atoms with Gasteiger partial charge in [-0.3, -0.25) is 9.59 Å². The highest BCUT2D eigenvalue weighted by atomic mass is 16.5. The van der Waals surface area contributed by atoms with E-state index in [0.717, 1.165) is 30.0 Å². The molecule has 0 unspecified atom stereocenters. The Morgan fingerprint density at radius 1 is 0.765 bits per heavy atom. The molecule has 0 bridgehead atoms. The molecule has 0 aliphatic carbocycles. The molecule has 3 rings (SSSR count). The molecule has 3 aromatic rings. The van der Waals surface area contributed by atoms with Gasteiger partial charge in [0.15, 0.2) is 0 Å². The monoisotopic (exact) mass is 461 g/mol. The van der Waals surface area contributed by atoms with Gasteiger partial charge in [0.25, 0.3) is 5.91 Å². The molecule has 3 aromatic carbocycles. The number of hydrogen-bond acceptors (Lipinski definition) is 5. The van der Waals surface area contributed by atoms with Crippen LogP contribution in [0.2, 0.25) is 0 Å². The molecule has 0 atom stereocenters. The third-order valence-electron chi connectivity index (χ3n) is 4.92. The van der Waals surface area contributed by atoms with Crippen LogP contribution in [0.25, 0.3) is 0 Å². The number of unbranched alkanes of at least 4 members (excludes halogenated alkanes) is 1. The lowest BCUT2D eigenvalue weighted by molar-refractivity contribution is -0.114. The largest absolute Gasteiger partial charge is 0.490 e. The fourth-order valence-electron chi connectivity index (χ4n) is 3.08. The zero-order valence-electron chi connectivity index (χ0n) is 19.4. The van der Waals surface area contributed by atoms with Crippen LogP contribution in [0.1, 0.15) is 30.1 Å². The molecule has 0 saturated heterocycles. The van der Waals surface area contributed by atoms with Gasteiger partial charge in [-0.1, -0.05) is 31.5 Å². The first-order valence-electron chi connectivity index (χ1n) is 11.5. The zero-order chi connectivity index (χ0) is 24.0. The lowest BCUT2D eigenvalue weighted by Gasteiger charge is -2.10. The highest BCUT2D eigenvalue weighted by molar-refractivity contribution is 5.96.